The Morgan fingerprint density at radius 1 is 1.12 bits per heavy atom. The van der Waals surface area contributed by atoms with Crippen molar-refractivity contribution in [3.63, 3.8) is 0 Å². The average molecular weight is 294 g/mol. The van der Waals surface area contributed by atoms with Crippen molar-refractivity contribution >= 4 is 15.9 Å². The van der Waals surface area contributed by atoms with Crippen LogP contribution >= 0.6 is 15.9 Å². The first-order valence-electron chi connectivity index (χ1n) is 6.77. The van der Waals surface area contributed by atoms with E-state index in [-0.39, 0.29) is 0 Å². The van der Waals surface area contributed by atoms with E-state index in [9.17, 15) is 0 Å². The summed E-state index contributed by atoms with van der Waals surface area (Å²) >= 11 is 3.59. The van der Waals surface area contributed by atoms with Gasteiger partial charge < -0.3 is 4.90 Å². The minimum absolute atomic E-state index is 0.487. The molecule has 1 saturated heterocycles. The van der Waals surface area contributed by atoms with E-state index in [0.717, 1.165) is 0 Å². The molecule has 0 bridgehead atoms. The highest BCUT2D eigenvalue weighted by atomic mass is 79.9. The molecule has 0 atom stereocenters. The zero-order valence-electron chi connectivity index (χ0n) is 10.3. The highest BCUT2D eigenvalue weighted by molar-refractivity contribution is 9.10. The van der Waals surface area contributed by atoms with Gasteiger partial charge in [0, 0.05) is 16.4 Å². The molecular formula is C15H20BrN. The lowest BCUT2D eigenvalue weighted by Crippen LogP contribution is -2.36. The predicted molar refractivity (Wildman–Crippen MR) is 75.3 cm³/mol. The second-order valence-electron chi connectivity index (χ2n) is 5.63. The van der Waals surface area contributed by atoms with Crippen molar-refractivity contribution in [1.82, 2.24) is 4.90 Å². The van der Waals surface area contributed by atoms with E-state index in [1.807, 2.05) is 0 Å². The average Bonchev–Trinajstić information content (AvgIpc) is 3.11. The molecule has 0 radical (unpaired) electrons. The summed E-state index contributed by atoms with van der Waals surface area (Å²) in [4.78, 5) is 2.68. The van der Waals surface area contributed by atoms with Crippen LogP contribution in [0.1, 0.15) is 37.7 Å². The fraction of sp³-hybridized carbons (Fsp3) is 0.600. The smallest absolute Gasteiger partial charge is 0.0178 e. The van der Waals surface area contributed by atoms with Crippen molar-refractivity contribution in [1.29, 1.82) is 0 Å². The van der Waals surface area contributed by atoms with Gasteiger partial charge in [-0.2, -0.15) is 0 Å². The van der Waals surface area contributed by atoms with Crippen LogP contribution in [0.2, 0.25) is 0 Å². The number of hydrogen-bond acceptors (Lipinski definition) is 1. The van der Waals surface area contributed by atoms with Gasteiger partial charge in [0.1, 0.15) is 0 Å². The lowest BCUT2D eigenvalue weighted by molar-refractivity contribution is 0.209. The molecule has 1 saturated carbocycles. The van der Waals surface area contributed by atoms with Gasteiger partial charge in [-0.05, 0) is 56.5 Å². The number of likely N-dealkylation sites (tertiary alicyclic amines) is 1. The summed E-state index contributed by atoms with van der Waals surface area (Å²) in [5, 5.41) is 0. The van der Waals surface area contributed by atoms with Crippen molar-refractivity contribution in [2.45, 2.75) is 37.5 Å². The predicted octanol–water partition coefficient (Wildman–Crippen LogP) is 3.97. The SMILES string of the molecule is Brc1cccc(C2(CN3CCCCC3)CC2)c1. The zero-order chi connectivity index (χ0) is 11.7. The van der Waals surface area contributed by atoms with Gasteiger partial charge in [0.05, 0.1) is 0 Å². The Morgan fingerprint density at radius 3 is 2.53 bits per heavy atom. The molecule has 1 heterocycles. The first-order valence-corrected chi connectivity index (χ1v) is 7.56. The van der Waals surface area contributed by atoms with E-state index >= 15 is 0 Å². The second kappa shape index (κ2) is 4.74. The summed E-state index contributed by atoms with van der Waals surface area (Å²) in [6, 6.07) is 8.93. The van der Waals surface area contributed by atoms with Gasteiger partial charge >= 0.3 is 0 Å². The molecule has 0 unspecified atom stereocenters. The maximum atomic E-state index is 3.59. The van der Waals surface area contributed by atoms with Crippen LogP contribution in [0.15, 0.2) is 28.7 Å². The summed E-state index contributed by atoms with van der Waals surface area (Å²) in [5.41, 5.74) is 2.03. The van der Waals surface area contributed by atoms with E-state index in [2.05, 4.69) is 45.1 Å². The normalized spacial score (nSPS) is 23.6. The highest BCUT2D eigenvalue weighted by Crippen LogP contribution is 2.49. The van der Waals surface area contributed by atoms with Gasteiger partial charge in [-0.3, -0.25) is 0 Å². The third-order valence-corrected chi connectivity index (χ3v) is 4.76. The Bertz CT molecular complexity index is 392. The van der Waals surface area contributed by atoms with Gasteiger partial charge in [-0.1, -0.05) is 34.5 Å². The van der Waals surface area contributed by atoms with Crippen LogP contribution in [-0.2, 0) is 5.41 Å². The molecule has 0 aromatic heterocycles. The molecule has 2 fully saturated rings. The van der Waals surface area contributed by atoms with Crippen LogP contribution < -0.4 is 0 Å². The van der Waals surface area contributed by atoms with Crippen molar-refractivity contribution in [3.05, 3.63) is 34.3 Å². The quantitative estimate of drug-likeness (QED) is 0.815. The lowest BCUT2D eigenvalue weighted by atomic mass is 9.94. The summed E-state index contributed by atoms with van der Waals surface area (Å²) in [7, 11) is 0. The summed E-state index contributed by atoms with van der Waals surface area (Å²) < 4.78 is 1.22. The van der Waals surface area contributed by atoms with Crippen molar-refractivity contribution < 1.29 is 0 Å². The number of rotatable bonds is 3. The van der Waals surface area contributed by atoms with Crippen LogP contribution in [0.4, 0.5) is 0 Å². The standard InChI is InChI=1S/C15H20BrN/c16-14-6-4-5-13(11-14)15(7-8-15)12-17-9-2-1-3-10-17/h4-6,11H,1-3,7-10,12H2. The molecular weight excluding hydrogens is 274 g/mol. The molecule has 0 spiro atoms. The molecule has 2 aliphatic rings. The fourth-order valence-electron chi connectivity index (χ4n) is 3.05. The number of nitrogens with zero attached hydrogens (tertiary/aromatic N) is 1. The third kappa shape index (κ3) is 2.58. The molecule has 1 aliphatic carbocycles. The second-order valence-corrected chi connectivity index (χ2v) is 6.54. The molecule has 3 rings (SSSR count). The maximum Gasteiger partial charge on any atom is 0.0178 e. The van der Waals surface area contributed by atoms with Crippen molar-refractivity contribution in [2.24, 2.45) is 0 Å². The summed E-state index contributed by atoms with van der Waals surface area (Å²) in [6.45, 7) is 3.91. The number of hydrogen-bond donors (Lipinski definition) is 0. The first kappa shape index (κ1) is 11.7. The molecule has 1 aromatic rings. The van der Waals surface area contributed by atoms with Crippen LogP contribution in [-0.4, -0.2) is 24.5 Å². The van der Waals surface area contributed by atoms with Gasteiger partial charge in [-0.25, -0.2) is 0 Å². The number of halogens is 1. The molecule has 92 valence electrons. The number of benzene rings is 1. The molecule has 0 N–H and O–H groups in total. The monoisotopic (exact) mass is 293 g/mol. The Kier molecular flexibility index (Phi) is 3.27. The number of piperidine rings is 1. The van der Waals surface area contributed by atoms with Gasteiger partial charge in [0.2, 0.25) is 0 Å². The van der Waals surface area contributed by atoms with Crippen LogP contribution in [0.25, 0.3) is 0 Å². The van der Waals surface area contributed by atoms with E-state index < -0.39 is 0 Å². The highest BCUT2D eigenvalue weighted by Gasteiger charge is 2.45. The van der Waals surface area contributed by atoms with Crippen LogP contribution in [0, 0.1) is 0 Å². The van der Waals surface area contributed by atoms with E-state index in [4.69, 9.17) is 0 Å². The molecule has 17 heavy (non-hydrogen) atoms. The lowest BCUT2D eigenvalue weighted by Gasteiger charge is -2.30. The van der Waals surface area contributed by atoms with Crippen LogP contribution in [0.3, 0.4) is 0 Å². The fourth-order valence-corrected chi connectivity index (χ4v) is 3.45. The Labute approximate surface area is 112 Å². The van der Waals surface area contributed by atoms with Gasteiger partial charge in [0.15, 0.2) is 0 Å². The Balaban J connectivity index is 1.73. The van der Waals surface area contributed by atoms with Gasteiger partial charge in [-0.15, -0.1) is 0 Å². The molecule has 1 aliphatic heterocycles. The largest absolute Gasteiger partial charge is 0.302 e. The topological polar surface area (TPSA) is 3.24 Å². The summed E-state index contributed by atoms with van der Waals surface area (Å²) in [5.74, 6) is 0. The van der Waals surface area contributed by atoms with E-state index in [0.29, 0.717) is 5.41 Å². The third-order valence-electron chi connectivity index (χ3n) is 4.27. The first-order chi connectivity index (χ1) is 8.28. The van der Waals surface area contributed by atoms with Gasteiger partial charge in [0.25, 0.3) is 0 Å². The van der Waals surface area contributed by atoms with E-state index in [1.54, 1.807) is 0 Å². The van der Waals surface area contributed by atoms with Crippen molar-refractivity contribution in [2.75, 3.05) is 19.6 Å². The molecule has 1 aromatic carbocycles. The minimum atomic E-state index is 0.487. The van der Waals surface area contributed by atoms with Crippen molar-refractivity contribution in [3.8, 4) is 0 Å². The summed E-state index contributed by atoms with van der Waals surface area (Å²) in [6.07, 6.45) is 6.98. The molecule has 1 nitrogen and oxygen atoms in total. The Hall–Kier alpha value is -0.340. The maximum absolute atomic E-state index is 3.59. The minimum Gasteiger partial charge on any atom is -0.302 e. The molecule has 0 amide bonds. The Morgan fingerprint density at radius 2 is 1.88 bits per heavy atom. The van der Waals surface area contributed by atoms with E-state index in [1.165, 1.54) is 61.8 Å². The van der Waals surface area contributed by atoms with Crippen LogP contribution in [0.5, 0.6) is 0 Å². The molecule has 2 heteroatoms. The zero-order valence-corrected chi connectivity index (χ0v) is 11.9.